The van der Waals surface area contributed by atoms with Crippen LogP contribution < -0.4 is 15.3 Å². The monoisotopic (exact) mass is 825 g/mol. The Morgan fingerprint density at radius 2 is 1.00 bits per heavy atom. The summed E-state index contributed by atoms with van der Waals surface area (Å²) in [4.78, 5) is 56.0. The van der Waals surface area contributed by atoms with Gasteiger partial charge >= 0.3 is 0 Å². The van der Waals surface area contributed by atoms with Crippen LogP contribution in [0.3, 0.4) is 0 Å². The highest BCUT2D eigenvalue weighted by atomic mass is 79.9. The number of rotatable bonds is 9. The second kappa shape index (κ2) is 17.4. The topological polar surface area (TPSA) is 122 Å². The molecule has 0 bridgehead atoms. The molecule has 11 nitrogen and oxygen atoms in total. The molecule has 266 valence electrons. The fourth-order valence-corrected chi connectivity index (χ4v) is 6.56. The smallest absolute Gasteiger partial charge is 0.268 e. The van der Waals surface area contributed by atoms with Crippen LogP contribution >= 0.6 is 31.9 Å². The van der Waals surface area contributed by atoms with Gasteiger partial charge in [0.1, 0.15) is 0 Å². The first kappa shape index (κ1) is 36.7. The first-order chi connectivity index (χ1) is 25.2. The third-order valence-corrected chi connectivity index (χ3v) is 9.90. The zero-order valence-corrected chi connectivity index (χ0v) is 31.4. The van der Waals surface area contributed by atoms with Crippen molar-refractivity contribution in [2.75, 3.05) is 62.2 Å². The Kier molecular flexibility index (Phi) is 12.3. The van der Waals surface area contributed by atoms with E-state index in [1.165, 1.54) is 18.2 Å². The van der Waals surface area contributed by atoms with E-state index in [4.69, 9.17) is 0 Å². The van der Waals surface area contributed by atoms with E-state index in [9.17, 15) is 19.6 Å². The lowest BCUT2D eigenvalue weighted by Crippen LogP contribution is -2.48. The summed E-state index contributed by atoms with van der Waals surface area (Å²) in [6.45, 7) is 5.32. The maximum absolute atomic E-state index is 13.1. The van der Waals surface area contributed by atoms with Gasteiger partial charge in [0.05, 0.1) is 22.8 Å². The Morgan fingerprint density at radius 1 is 0.596 bits per heavy atom. The quantitative estimate of drug-likeness (QED) is 0.126. The van der Waals surface area contributed by atoms with Crippen LogP contribution in [0, 0.1) is 0 Å². The number of benzene rings is 2. The van der Waals surface area contributed by atoms with E-state index in [0.29, 0.717) is 54.5 Å². The fourth-order valence-electron chi connectivity index (χ4n) is 6.03. The summed E-state index contributed by atoms with van der Waals surface area (Å²) in [5, 5.41) is 9.31. The molecule has 0 aliphatic carbocycles. The van der Waals surface area contributed by atoms with Crippen molar-refractivity contribution in [1.82, 2.24) is 25.2 Å². The minimum absolute atomic E-state index is 0.111. The fraction of sp³-hybridized carbons (Fsp3) is 0.205. The average molecular weight is 828 g/mol. The van der Waals surface area contributed by atoms with Crippen molar-refractivity contribution in [3.05, 3.63) is 135 Å². The highest BCUT2D eigenvalue weighted by Gasteiger charge is 2.21. The van der Waals surface area contributed by atoms with Gasteiger partial charge in [-0.05, 0) is 84.9 Å². The van der Waals surface area contributed by atoms with Crippen LogP contribution in [-0.4, -0.2) is 95.1 Å². The van der Waals surface area contributed by atoms with Gasteiger partial charge in [0, 0.05) is 96.5 Å². The maximum Gasteiger partial charge on any atom is 0.268 e. The first-order valence-corrected chi connectivity index (χ1v) is 18.4. The summed E-state index contributed by atoms with van der Waals surface area (Å²) < 4.78 is 2.05. The lowest BCUT2D eigenvalue weighted by molar-refractivity contribution is -0.127. The van der Waals surface area contributed by atoms with Crippen molar-refractivity contribution in [2.45, 2.75) is 0 Å². The van der Waals surface area contributed by atoms with Crippen LogP contribution in [0.15, 0.2) is 112 Å². The van der Waals surface area contributed by atoms with Gasteiger partial charge < -0.3 is 19.6 Å². The molecular weight excluding hydrogens is 790 g/mol. The van der Waals surface area contributed by atoms with E-state index >= 15 is 0 Å². The summed E-state index contributed by atoms with van der Waals surface area (Å²) >= 11 is 6.94. The molecule has 2 aromatic carbocycles. The van der Waals surface area contributed by atoms with Crippen LogP contribution in [0.4, 0.5) is 11.4 Å². The number of amides is 3. The van der Waals surface area contributed by atoms with E-state index in [1.807, 2.05) is 34.1 Å². The van der Waals surface area contributed by atoms with Crippen LogP contribution in [0.2, 0.25) is 0 Å². The molecule has 0 unspecified atom stereocenters. The van der Waals surface area contributed by atoms with Crippen LogP contribution in [0.25, 0.3) is 17.7 Å². The minimum Gasteiger partial charge on any atom is -0.368 e. The van der Waals surface area contributed by atoms with Gasteiger partial charge in [-0.1, -0.05) is 44.0 Å². The summed E-state index contributed by atoms with van der Waals surface area (Å²) in [5.74, 6) is -0.976. The molecule has 4 aromatic rings. The molecule has 2 aromatic heterocycles. The van der Waals surface area contributed by atoms with E-state index in [2.05, 4.69) is 75.9 Å². The van der Waals surface area contributed by atoms with Gasteiger partial charge in [0.15, 0.2) is 0 Å². The standard InChI is InChI=1S/C39H37Br2N7O4/c40-28-7-13-32(14-8-28)45-19-23-47(24-20-45)38(50)17-11-30-3-1-5-35(42-30)34(27-37(49)44-52)36-6-2-4-31(43-36)12-18-39(51)48-25-21-46(22-26-48)33-15-9-29(41)10-16-33/h1-18,27,52H,19-26H2,(H,44,49). The number of aromatic nitrogens is 2. The van der Waals surface area contributed by atoms with E-state index < -0.39 is 5.91 Å². The van der Waals surface area contributed by atoms with E-state index in [1.54, 1.807) is 54.0 Å². The largest absolute Gasteiger partial charge is 0.368 e. The average Bonchev–Trinajstić information content (AvgIpc) is 3.19. The predicted molar refractivity (Wildman–Crippen MR) is 209 cm³/mol. The summed E-state index contributed by atoms with van der Waals surface area (Å²) in [5.41, 5.74) is 6.08. The Balaban J connectivity index is 1.10. The molecule has 13 heteroatoms. The number of hydrogen-bond acceptors (Lipinski definition) is 8. The molecule has 0 atom stereocenters. The number of pyridine rings is 2. The number of nitrogens with one attached hydrogen (secondary N) is 1. The molecule has 2 saturated heterocycles. The third-order valence-electron chi connectivity index (χ3n) is 8.84. The Bertz CT molecular complexity index is 1850. The van der Waals surface area contributed by atoms with Gasteiger partial charge in [-0.2, -0.15) is 0 Å². The van der Waals surface area contributed by atoms with Crippen molar-refractivity contribution in [2.24, 2.45) is 0 Å². The van der Waals surface area contributed by atoms with Gasteiger partial charge in [-0.15, -0.1) is 0 Å². The SMILES string of the molecule is O=C(C=C(c1cccc(C=CC(=O)N2CCN(c3ccc(Br)cc3)CC2)n1)c1cccc(C=CC(=O)N2CCN(c3ccc(Br)cc3)CC2)n1)NO. The summed E-state index contributed by atoms with van der Waals surface area (Å²) in [6.07, 6.45) is 7.51. The number of nitrogens with zero attached hydrogens (tertiary/aromatic N) is 6. The second-order valence-electron chi connectivity index (χ2n) is 12.2. The van der Waals surface area contributed by atoms with Crippen LogP contribution in [0.1, 0.15) is 22.8 Å². The minimum atomic E-state index is -0.754. The molecule has 0 radical (unpaired) electrons. The highest BCUT2D eigenvalue weighted by molar-refractivity contribution is 9.10. The van der Waals surface area contributed by atoms with Crippen molar-refractivity contribution in [1.29, 1.82) is 0 Å². The van der Waals surface area contributed by atoms with E-state index in [-0.39, 0.29) is 11.8 Å². The molecule has 52 heavy (non-hydrogen) atoms. The lowest BCUT2D eigenvalue weighted by atomic mass is 10.1. The number of hydroxylamine groups is 1. The molecule has 0 spiro atoms. The van der Waals surface area contributed by atoms with Crippen molar-refractivity contribution < 1.29 is 19.6 Å². The lowest BCUT2D eigenvalue weighted by Gasteiger charge is -2.35. The van der Waals surface area contributed by atoms with E-state index in [0.717, 1.165) is 46.5 Å². The van der Waals surface area contributed by atoms with Gasteiger partial charge in [0.25, 0.3) is 5.91 Å². The Morgan fingerprint density at radius 3 is 1.38 bits per heavy atom. The zero-order valence-electron chi connectivity index (χ0n) is 28.2. The third kappa shape index (κ3) is 9.60. The second-order valence-corrected chi connectivity index (χ2v) is 14.0. The van der Waals surface area contributed by atoms with Crippen LogP contribution in [-0.2, 0) is 14.4 Å². The number of carbonyl (C=O) groups is 3. The number of piperazine rings is 2. The maximum atomic E-state index is 13.1. The molecular formula is C39H37Br2N7O4. The molecule has 2 aliphatic heterocycles. The Labute approximate surface area is 319 Å². The zero-order chi connectivity index (χ0) is 36.5. The number of carbonyl (C=O) groups excluding carboxylic acids is 3. The van der Waals surface area contributed by atoms with Crippen LogP contribution in [0.5, 0.6) is 0 Å². The van der Waals surface area contributed by atoms with Crippen molar-refractivity contribution in [3.8, 4) is 0 Å². The molecule has 2 aliphatic rings. The first-order valence-electron chi connectivity index (χ1n) is 16.8. The normalized spacial score (nSPS) is 14.9. The van der Waals surface area contributed by atoms with Gasteiger partial charge in [-0.3, -0.25) is 19.6 Å². The predicted octanol–water partition coefficient (Wildman–Crippen LogP) is 5.66. The van der Waals surface area contributed by atoms with Gasteiger partial charge in [0.2, 0.25) is 11.8 Å². The van der Waals surface area contributed by atoms with Crippen molar-refractivity contribution in [3.63, 3.8) is 0 Å². The molecule has 0 saturated carbocycles. The van der Waals surface area contributed by atoms with Gasteiger partial charge in [-0.25, -0.2) is 15.4 Å². The molecule has 3 amide bonds. The molecule has 2 fully saturated rings. The highest BCUT2D eigenvalue weighted by Crippen LogP contribution is 2.24. The van der Waals surface area contributed by atoms with Crippen molar-refractivity contribution >= 4 is 78.7 Å². The Hall–Kier alpha value is -5.11. The molecule has 6 rings (SSSR count). The summed E-state index contributed by atoms with van der Waals surface area (Å²) in [6, 6.07) is 26.8. The summed E-state index contributed by atoms with van der Waals surface area (Å²) in [7, 11) is 0. The number of anilines is 2. The molecule has 2 N–H and O–H groups in total. The number of hydrogen-bond donors (Lipinski definition) is 2. The molecule has 4 heterocycles. The number of halogens is 2.